The van der Waals surface area contributed by atoms with Crippen LogP contribution in [0, 0.1) is 0 Å². The van der Waals surface area contributed by atoms with Crippen molar-refractivity contribution in [2.75, 3.05) is 20.1 Å². The minimum absolute atomic E-state index is 0. The number of carbonyl (C=O) groups excluding carboxylic acids is 2. The number of halogens is 1. The topological polar surface area (TPSA) is 49.4 Å². The van der Waals surface area contributed by atoms with Crippen LogP contribution in [-0.4, -0.2) is 42.8 Å². The summed E-state index contributed by atoms with van der Waals surface area (Å²) in [6.45, 7) is 1.61. The summed E-state index contributed by atoms with van der Waals surface area (Å²) in [4.78, 5) is 26.7. The molecule has 0 aromatic heterocycles. The lowest BCUT2D eigenvalue weighted by Crippen LogP contribution is -2.44. The Bertz CT molecular complexity index is 610. The van der Waals surface area contributed by atoms with Gasteiger partial charge in [0.1, 0.15) is 0 Å². The number of benzene rings is 1. The lowest BCUT2D eigenvalue weighted by molar-refractivity contribution is -0.132. The summed E-state index contributed by atoms with van der Waals surface area (Å²) in [7, 11) is 1.97. The van der Waals surface area contributed by atoms with E-state index in [2.05, 4.69) is 17.4 Å². The van der Waals surface area contributed by atoms with E-state index in [1.807, 2.05) is 18.0 Å². The molecule has 25 heavy (non-hydrogen) atoms. The molecule has 4 nitrogen and oxygen atoms in total. The molecule has 3 rings (SSSR count). The van der Waals surface area contributed by atoms with Gasteiger partial charge in [-0.05, 0) is 62.8 Å². The molecule has 0 radical (unpaired) electrons. The van der Waals surface area contributed by atoms with E-state index >= 15 is 0 Å². The van der Waals surface area contributed by atoms with Gasteiger partial charge in [-0.15, -0.1) is 12.4 Å². The smallest absolute Gasteiger partial charge is 0.223 e. The Morgan fingerprint density at radius 3 is 2.44 bits per heavy atom. The van der Waals surface area contributed by atoms with Crippen LogP contribution in [0.2, 0.25) is 0 Å². The van der Waals surface area contributed by atoms with Gasteiger partial charge >= 0.3 is 0 Å². The van der Waals surface area contributed by atoms with Crippen LogP contribution in [0.4, 0.5) is 0 Å². The summed E-state index contributed by atoms with van der Waals surface area (Å²) < 4.78 is 0. The zero-order chi connectivity index (χ0) is 16.9. The van der Waals surface area contributed by atoms with Gasteiger partial charge in [0.05, 0.1) is 0 Å². The van der Waals surface area contributed by atoms with Crippen molar-refractivity contribution in [3.8, 4) is 0 Å². The molecule has 0 saturated carbocycles. The van der Waals surface area contributed by atoms with Gasteiger partial charge in [-0.1, -0.05) is 12.1 Å². The van der Waals surface area contributed by atoms with Crippen molar-refractivity contribution < 1.29 is 9.59 Å². The predicted octanol–water partition coefficient (Wildman–Crippen LogP) is 3.16. The van der Waals surface area contributed by atoms with Crippen LogP contribution in [-0.2, 0) is 17.6 Å². The van der Waals surface area contributed by atoms with Crippen LogP contribution in [0.5, 0.6) is 0 Å². The molecule has 138 valence electrons. The standard InChI is InChI=1S/C20H28N2O2.ClH/c1-21-18-10-12-22(13-11-18)20(24)9-8-19(23)17-7-6-15-4-2-3-5-16(15)14-17;/h6-7,14,18,21H,2-5,8-13H2,1H3;1H. The molecule has 0 atom stereocenters. The average molecular weight is 365 g/mol. The maximum Gasteiger partial charge on any atom is 0.223 e. The van der Waals surface area contributed by atoms with Gasteiger partial charge in [-0.2, -0.15) is 0 Å². The minimum Gasteiger partial charge on any atom is -0.343 e. The number of hydrogen-bond acceptors (Lipinski definition) is 3. The third kappa shape index (κ3) is 5.05. The van der Waals surface area contributed by atoms with Crippen molar-refractivity contribution in [1.29, 1.82) is 0 Å². The minimum atomic E-state index is 0. The van der Waals surface area contributed by atoms with Crippen LogP contribution < -0.4 is 5.32 Å². The number of hydrogen-bond donors (Lipinski definition) is 1. The summed E-state index contributed by atoms with van der Waals surface area (Å²) in [5.74, 6) is 0.220. The number of nitrogens with zero attached hydrogens (tertiary/aromatic N) is 1. The zero-order valence-electron chi connectivity index (χ0n) is 15.1. The van der Waals surface area contributed by atoms with Crippen LogP contribution in [0.15, 0.2) is 18.2 Å². The number of aryl methyl sites for hydroxylation is 2. The van der Waals surface area contributed by atoms with Gasteiger partial charge in [-0.25, -0.2) is 0 Å². The second kappa shape index (κ2) is 9.35. The number of Topliss-reactive ketones (excluding diaryl/α,β-unsaturated/α-hetero) is 1. The van der Waals surface area contributed by atoms with Crippen molar-refractivity contribution >= 4 is 24.1 Å². The molecule has 0 bridgehead atoms. The van der Waals surface area contributed by atoms with Crippen molar-refractivity contribution in [3.63, 3.8) is 0 Å². The van der Waals surface area contributed by atoms with Gasteiger partial charge in [0.2, 0.25) is 5.91 Å². The molecular weight excluding hydrogens is 336 g/mol. The molecule has 5 heteroatoms. The molecule has 1 N–H and O–H groups in total. The summed E-state index contributed by atoms with van der Waals surface area (Å²) in [6, 6.07) is 6.62. The number of nitrogens with one attached hydrogen (secondary N) is 1. The summed E-state index contributed by atoms with van der Waals surface area (Å²) >= 11 is 0. The molecule has 0 spiro atoms. The van der Waals surface area contributed by atoms with Gasteiger partial charge in [0.25, 0.3) is 0 Å². The first kappa shape index (κ1) is 19.9. The van der Waals surface area contributed by atoms with Crippen LogP contribution in [0.3, 0.4) is 0 Å². The quantitative estimate of drug-likeness (QED) is 0.816. The second-order valence-electron chi connectivity index (χ2n) is 7.06. The van der Waals surface area contributed by atoms with E-state index in [0.29, 0.717) is 18.9 Å². The van der Waals surface area contributed by atoms with Crippen LogP contribution in [0.25, 0.3) is 0 Å². The van der Waals surface area contributed by atoms with E-state index in [1.165, 1.54) is 24.0 Å². The fourth-order valence-corrected chi connectivity index (χ4v) is 3.85. The fraction of sp³-hybridized carbons (Fsp3) is 0.600. The highest BCUT2D eigenvalue weighted by molar-refractivity contribution is 5.98. The zero-order valence-corrected chi connectivity index (χ0v) is 15.9. The largest absolute Gasteiger partial charge is 0.343 e. The average Bonchev–Trinajstić information content (AvgIpc) is 2.65. The van der Waals surface area contributed by atoms with E-state index in [0.717, 1.165) is 44.3 Å². The Kier molecular flexibility index (Phi) is 7.45. The highest BCUT2D eigenvalue weighted by Gasteiger charge is 2.22. The van der Waals surface area contributed by atoms with Crippen molar-refractivity contribution in [2.24, 2.45) is 0 Å². The van der Waals surface area contributed by atoms with E-state index in [4.69, 9.17) is 0 Å². The molecular formula is C20H29ClN2O2. The maximum atomic E-state index is 12.4. The lowest BCUT2D eigenvalue weighted by atomic mass is 9.89. The molecule has 0 unspecified atom stereocenters. The summed E-state index contributed by atoms with van der Waals surface area (Å²) in [5, 5.41) is 3.27. The summed E-state index contributed by atoms with van der Waals surface area (Å²) in [5.41, 5.74) is 3.49. The Morgan fingerprint density at radius 2 is 1.76 bits per heavy atom. The third-order valence-electron chi connectivity index (χ3n) is 5.49. The molecule has 1 heterocycles. The molecule has 1 aliphatic heterocycles. The van der Waals surface area contributed by atoms with Gasteiger partial charge < -0.3 is 10.2 Å². The monoisotopic (exact) mass is 364 g/mol. The van der Waals surface area contributed by atoms with Crippen LogP contribution >= 0.6 is 12.4 Å². The number of fused-ring (bicyclic) bond motifs is 1. The number of likely N-dealkylation sites (tertiary alicyclic amines) is 1. The Labute approximate surface area is 156 Å². The fourth-order valence-electron chi connectivity index (χ4n) is 3.85. The normalized spacial score (nSPS) is 17.6. The van der Waals surface area contributed by atoms with Crippen molar-refractivity contribution in [1.82, 2.24) is 10.2 Å². The first-order valence-electron chi connectivity index (χ1n) is 9.27. The first-order valence-corrected chi connectivity index (χ1v) is 9.27. The highest BCUT2D eigenvalue weighted by Crippen LogP contribution is 2.23. The number of carbonyl (C=O) groups is 2. The van der Waals surface area contributed by atoms with Gasteiger partial charge in [0, 0.05) is 37.5 Å². The maximum absolute atomic E-state index is 12.4. The van der Waals surface area contributed by atoms with E-state index in [9.17, 15) is 9.59 Å². The molecule has 1 saturated heterocycles. The Balaban J connectivity index is 0.00000225. The van der Waals surface area contributed by atoms with Gasteiger partial charge in [-0.3, -0.25) is 9.59 Å². The van der Waals surface area contributed by atoms with Crippen molar-refractivity contribution in [3.05, 3.63) is 34.9 Å². The number of ketones is 1. The van der Waals surface area contributed by atoms with E-state index in [-0.39, 0.29) is 24.1 Å². The second-order valence-corrected chi connectivity index (χ2v) is 7.06. The summed E-state index contributed by atoms with van der Waals surface area (Å²) in [6.07, 6.45) is 7.33. The SMILES string of the molecule is CNC1CCN(C(=O)CCC(=O)c2ccc3c(c2)CCCC3)CC1.Cl. The number of rotatable bonds is 5. The first-order chi connectivity index (χ1) is 11.7. The highest BCUT2D eigenvalue weighted by atomic mass is 35.5. The van der Waals surface area contributed by atoms with E-state index < -0.39 is 0 Å². The molecule has 2 aliphatic rings. The molecule has 1 amide bonds. The van der Waals surface area contributed by atoms with E-state index in [1.54, 1.807) is 0 Å². The molecule has 1 aliphatic carbocycles. The van der Waals surface area contributed by atoms with Crippen molar-refractivity contribution in [2.45, 2.75) is 57.4 Å². The lowest BCUT2D eigenvalue weighted by Gasteiger charge is -2.31. The van der Waals surface area contributed by atoms with Crippen LogP contribution in [0.1, 0.15) is 60.0 Å². The molecule has 1 fully saturated rings. The predicted molar refractivity (Wildman–Crippen MR) is 103 cm³/mol. The Hall–Kier alpha value is -1.39. The van der Waals surface area contributed by atoms with Gasteiger partial charge in [0.15, 0.2) is 5.78 Å². The number of amides is 1. The molecule has 1 aromatic rings. The number of piperidine rings is 1. The molecule has 1 aromatic carbocycles. The third-order valence-corrected chi connectivity index (χ3v) is 5.49. The Morgan fingerprint density at radius 1 is 1.08 bits per heavy atom.